The summed E-state index contributed by atoms with van der Waals surface area (Å²) in [6.07, 6.45) is 2.93. The van der Waals surface area contributed by atoms with Gasteiger partial charge < -0.3 is 14.1 Å². The van der Waals surface area contributed by atoms with Crippen molar-refractivity contribution in [2.24, 2.45) is 0 Å². The molecule has 0 saturated carbocycles. The first-order valence-electron chi connectivity index (χ1n) is 7.99. The molecule has 0 aliphatic carbocycles. The number of carbonyl (C=O) groups excluding carboxylic acids is 2. The number of furan rings is 1. The number of halogens is 1. The highest BCUT2D eigenvalue weighted by Gasteiger charge is 2.32. The number of piperazine rings is 1. The van der Waals surface area contributed by atoms with E-state index in [9.17, 15) is 9.59 Å². The second kappa shape index (κ2) is 7.72. The highest BCUT2D eigenvalue weighted by molar-refractivity contribution is 6.30. The third-order valence-corrected chi connectivity index (χ3v) is 4.60. The maximum atomic E-state index is 12.4. The number of hydrogen-bond donors (Lipinski definition) is 0. The molecule has 1 saturated heterocycles. The molecule has 132 valence electrons. The Morgan fingerprint density at radius 3 is 2.36 bits per heavy atom. The molecule has 2 heterocycles. The summed E-state index contributed by atoms with van der Waals surface area (Å²) >= 11 is 5.94. The van der Waals surface area contributed by atoms with E-state index in [0.29, 0.717) is 36.8 Å². The lowest BCUT2D eigenvalue weighted by atomic mass is 10.0. The monoisotopic (exact) mass is 362 g/mol. The molecule has 1 aromatic carbocycles. The summed E-state index contributed by atoms with van der Waals surface area (Å²) in [6, 6.07) is 8.31. The van der Waals surface area contributed by atoms with E-state index >= 15 is 0 Å². The number of carbonyl (C=O) groups is 2. The minimum atomic E-state index is -0.506. The van der Waals surface area contributed by atoms with Crippen LogP contribution in [0.15, 0.2) is 47.3 Å². The normalized spacial score (nSPS) is 16.5. The van der Waals surface area contributed by atoms with Gasteiger partial charge >= 0.3 is 5.97 Å². The Hall–Kier alpha value is -2.31. The summed E-state index contributed by atoms with van der Waals surface area (Å²) in [6.45, 7) is 2.22. The Morgan fingerprint density at radius 1 is 1.12 bits per heavy atom. The molecule has 6 nitrogen and oxygen atoms in total. The number of nitrogens with zero attached hydrogens (tertiary/aromatic N) is 2. The molecule has 1 amide bonds. The van der Waals surface area contributed by atoms with E-state index in [1.54, 1.807) is 23.1 Å². The van der Waals surface area contributed by atoms with Crippen molar-refractivity contribution in [1.82, 2.24) is 9.80 Å². The van der Waals surface area contributed by atoms with Crippen LogP contribution in [0, 0.1) is 0 Å². The molecular formula is C18H19ClN2O4. The van der Waals surface area contributed by atoms with Crippen LogP contribution in [0.1, 0.15) is 22.0 Å². The SMILES string of the molecule is COC(=O)C(c1ccc(Cl)cc1)N1CCN(C(=O)c2ccoc2)CC1. The van der Waals surface area contributed by atoms with Crippen molar-refractivity contribution in [3.63, 3.8) is 0 Å². The predicted octanol–water partition coefficient (Wildman–Crippen LogP) is 2.61. The van der Waals surface area contributed by atoms with Crippen LogP contribution in [-0.2, 0) is 9.53 Å². The number of ether oxygens (including phenoxy) is 1. The van der Waals surface area contributed by atoms with Crippen molar-refractivity contribution in [2.45, 2.75) is 6.04 Å². The zero-order valence-electron chi connectivity index (χ0n) is 13.9. The predicted molar refractivity (Wildman–Crippen MR) is 92.4 cm³/mol. The van der Waals surface area contributed by atoms with Crippen LogP contribution in [0.2, 0.25) is 5.02 Å². The molecule has 1 unspecified atom stereocenters. The lowest BCUT2D eigenvalue weighted by molar-refractivity contribution is -0.148. The van der Waals surface area contributed by atoms with Gasteiger partial charge in [-0.05, 0) is 23.8 Å². The fraction of sp³-hybridized carbons (Fsp3) is 0.333. The Kier molecular flexibility index (Phi) is 5.40. The van der Waals surface area contributed by atoms with Gasteiger partial charge in [0.25, 0.3) is 5.91 Å². The topological polar surface area (TPSA) is 63.0 Å². The van der Waals surface area contributed by atoms with Gasteiger partial charge in [-0.1, -0.05) is 23.7 Å². The molecule has 0 bridgehead atoms. The molecule has 1 aliphatic rings. The van der Waals surface area contributed by atoms with E-state index in [0.717, 1.165) is 5.56 Å². The zero-order valence-corrected chi connectivity index (χ0v) is 14.6. The zero-order chi connectivity index (χ0) is 17.8. The fourth-order valence-electron chi connectivity index (χ4n) is 3.00. The molecular weight excluding hydrogens is 344 g/mol. The summed E-state index contributed by atoms with van der Waals surface area (Å²) in [5.41, 5.74) is 1.36. The van der Waals surface area contributed by atoms with Crippen molar-refractivity contribution < 1.29 is 18.7 Å². The van der Waals surface area contributed by atoms with Crippen molar-refractivity contribution in [3.05, 3.63) is 59.0 Å². The van der Waals surface area contributed by atoms with E-state index in [1.807, 2.05) is 17.0 Å². The van der Waals surface area contributed by atoms with Crippen molar-refractivity contribution >= 4 is 23.5 Å². The van der Waals surface area contributed by atoms with Crippen LogP contribution >= 0.6 is 11.6 Å². The summed E-state index contributed by atoms with van der Waals surface area (Å²) in [5, 5.41) is 0.614. The number of esters is 1. The highest BCUT2D eigenvalue weighted by Crippen LogP contribution is 2.25. The summed E-state index contributed by atoms with van der Waals surface area (Å²) in [5.74, 6) is -0.383. The van der Waals surface area contributed by atoms with Gasteiger partial charge in [-0.15, -0.1) is 0 Å². The lowest BCUT2D eigenvalue weighted by Crippen LogP contribution is -2.51. The Bertz CT molecular complexity index is 722. The van der Waals surface area contributed by atoms with Gasteiger partial charge in [0, 0.05) is 31.2 Å². The van der Waals surface area contributed by atoms with Crippen LogP contribution in [-0.4, -0.2) is 55.0 Å². The second-order valence-corrected chi connectivity index (χ2v) is 6.25. The average Bonchev–Trinajstić information content (AvgIpc) is 3.18. The maximum Gasteiger partial charge on any atom is 0.327 e. The number of methoxy groups -OCH3 is 1. The molecule has 7 heteroatoms. The summed E-state index contributed by atoms with van der Waals surface area (Å²) < 4.78 is 9.95. The van der Waals surface area contributed by atoms with E-state index in [4.69, 9.17) is 20.8 Å². The van der Waals surface area contributed by atoms with E-state index in [-0.39, 0.29) is 11.9 Å². The van der Waals surface area contributed by atoms with E-state index < -0.39 is 6.04 Å². The van der Waals surface area contributed by atoms with Gasteiger partial charge in [0.1, 0.15) is 12.3 Å². The number of hydrogen-bond acceptors (Lipinski definition) is 5. The highest BCUT2D eigenvalue weighted by atomic mass is 35.5. The van der Waals surface area contributed by atoms with Gasteiger partial charge in [0.05, 0.1) is 18.9 Å². The van der Waals surface area contributed by atoms with E-state index in [2.05, 4.69) is 0 Å². The molecule has 1 aliphatic heterocycles. The molecule has 3 rings (SSSR count). The molecule has 2 aromatic rings. The Balaban J connectivity index is 1.71. The van der Waals surface area contributed by atoms with Crippen LogP contribution in [0.4, 0.5) is 0 Å². The molecule has 0 N–H and O–H groups in total. The molecule has 1 fully saturated rings. The summed E-state index contributed by atoms with van der Waals surface area (Å²) in [4.78, 5) is 28.5. The van der Waals surface area contributed by atoms with Crippen LogP contribution in [0.3, 0.4) is 0 Å². The van der Waals surface area contributed by atoms with Crippen molar-refractivity contribution in [3.8, 4) is 0 Å². The Morgan fingerprint density at radius 2 is 1.80 bits per heavy atom. The van der Waals surface area contributed by atoms with Gasteiger partial charge in [-0.2, -0.15) is 0 Å². The molecule has 0 radical (unpaired) electrons. The lowest BCUT2D eigenvalue weighted by Gasteiger charge is -2.38. The average molecular weight is 363 g/mol. The fourth-order valence-corrected chi connectivity index (χ4v) is 3.13. The van der Waals surface area contributed by atoms with Crippen LogP contribution in [0.5, 0.6) is 0 Å². The first-order valence-corrected chi connectivity index (χ1v) is 8.37. The van der Waals surface area contributed by atoms with Gasteiger partial charge in [0.2, 0.25) is 0 Å². The van der Waals surface area contributed by atoms with Crippen molar-refractivity contribution in [2.75, 3.05) is 33.3 Å². The second-order valence-electron chi connectivity index (χ2n) is 5.82. The number of rotatable bonds is 4. The smallest absolute Gasteiger partial charge is 0.327 e. The first-order chi connectivity index (χ1) is 12.1. The van der Waals surface area contributed by atoms with E-state index in [1.165, 1.54) is 19.6 Å². The molecule has 1 atom stereocenters. The van der Waals surface area contributed by atoms with Gasteiger partial charge in [-0.3, -0.25) is 9.69 Å². The summed E-state index contributed by atoms with van der Waals surface area (Å²) in [7, 11) is 1.38. The quantitative estimate of drug-likeness (QED) is 0.782. The molecule has 0 spiro atoms. The molecule has 25 heavy (non-hydrogen) atoms. The minimum Gasteiger partial charge on any atom is -0.472 e. The first kappa shape index (κ1) is 17.5. The van der Waals surface area contributed by atoms with Gasteiger partial charge in [-0.25, -0.2) is 4.79 Å². The minimum absolute atomic E-state index is 0.0606. The third kappa shape index (κ3) is 3.86. The number of amides is 1. The van der Waals surface area contributed by atoms with Gasteiger partial charge in [0.15, 0.2) is 0 Å². The molecule has 1 aromatic heterocycles. The largest absolute Gasteiger partial charge is 0.472 e. The Labute approximate surface area is 150 Å². The standard InChI is InChI=1S/C18H19ClN2O4/c1-24-18(23)16(13-2-4-15(19)5-3-13)20-7-9-21(10-8-20)17(22)14-6-11-25-12-14/h2-6,11-12,16H,7-10H2,1H3. The van der Waals surface area contributed by atoms with Crippen LogP contribution < -0.4 is 0 Å². The third-order valence-electron chi connectivity index (χ3n) is 4.34. The number of benzene rings is 1. The van der Waals surface area contributed by atoms with Crippen LogP contribution in [0.25, 0.3) is 0 Å². The van der Waals surface area contributed by atoms with Crippen molar-refractivity contribution in [1.29, 1.82) is 0 Å². The maximum absolute atomic E-state index is 12.4.